The number of hydrogen-bond donors (Lipinski definition) is 0. The lowest BCUT2D eigenvalue weighted by Gasteiger charge is -2.38. The number of amides is 1. The second-order valence-corrected chi connectivity index (χ2v) is 7.93. The Hall–Kier alpha value is -2.69. The van der Waals surface area contributed by atoms with Crippen LogP contribution in [0.5, 0.6) is 0 Å². The summed E-state index contributed by atoms with van der Waals surface area (Å²) in [6, 6.07) is 10.5. The van der Waals surface area contributed by atoms with Crippen LogP contribution in [-0.2, 0) is 11.3 Å². The molecule has 1 aliphatic rings. The Morgan fingerprint density at radius 1 is 1.18 bits per heavy atom. The van der Waals surface area contributed by atoms with Crippen LogP contribution in [0.25, 0.3) is 22.3 Å². The average Bonchev–Trinajstić information content (AvgIpc) is 3.07. The molecule has 2 atom stereocenters. The number of nitrogens with zero attached hydrogens (tertiary/aromatic N) is 4. The molecule has 0 spiro atoms. The molecule has 3 aromatic heterocycles. The molecular formula is C23H28N4O. The van der Waals surface area contributed by atoms with E-state index in [9.17, 15) is 4.79 Å². The molecule has 1 amide bonds. The van der Waals surface area contributed by atoms with E-state index in [1.807, 2.05) is 31.5 Å². The zero-order chi connectivity index (χ0) is 19.7. The van der Waals surface area contributed by atoms with E-state index in [1.54, 1.807) is 0 Å². The second-order valence-electron chi connectivity index (χ2n) is 7.93. The van der Waals surface area contributed by atoms with Crippen molar-refractivity contribution >= 4 is 16.9 Å². The van der Waals surface area contributed by atoms with Gasteiger partial charge in [-0.05, 0) is 62.9 Å². The van der Waals surface area contributed by atoms with Crippen LogP contribution in [-0.4, -0.2) is 37.9 Å². The molecule has 1 aliphatic heterocycles. The minimum atomic E-state index is 0.241. The standard InChI is InChI=1S/C23H28N4O/c1-16-7-6-13-26(18(16)3)22(28)10-14-27-21(20-9-5-11-24-17(20)2)15-19-8-4-12-25-23(19)27/h4-5,8-9,11-12,15-16,18H,6-7,10,13-14H2,1-3H3/t16-,18-/m0/s1. The zero-order valence-electron chi connectivity index (χ0n) is 16.9. The van der Waals surface area contributed by atoms with Crippen molar-refractivity contribution in [1.82, 2.24) is 19.4 Å². The highest BCUT2D eigenvalue weighted by Gasteiger charge is 2.28. The number of rotatable bonds is 4. The molecule has 4 heterocycles. The first-order valence-electron chi connectivity index (χ1n) is 10.2. The van der Waals surface area contributed by atoms with Gasteiger partial charge < -0.3 is 9.47 Å². The van der Waals surface area contributed by atoms with Crippen LogP contribution in [0.3, 0.4) is 0 Å². The van der Waals surface area contributed by atoms with E-state index in [2.05, 4.69) is 51.5 Å². The SMILES string of the molecule is Cc1ncccc1-c1cc2cccnc2n1CCC(=O)N1CCC[C@H](C)[C@@H]1C. The van der Waals surface area contributed by atoms with Gasteiger partial charge in [0, 0.05) is 54.6 Å². The maximum atomic E-state index is 13.0. The minimum Gasteiger partial charge on any atom is -0.340 e. The van der Waals surface area contributed by atoms with Crippen molar-refractivity contribution in [2.24, 2.45) is 5.92 Å². The van der Waals surface area contributed by atoms with Gasteiger partial charge in [0.05, 0.1) is 5.69 Å². The summed E-state index contributed by atoms with van der Waals surface area (Å²) in [6.45, 7) is 7.95. The summed E-state index contributed by atoms with van der Waals surface area (Å²) < 4.78 is 2.18. The quantitative estimate of drug-likeness (QED) is 0.676. The lowest BCUT2D eigenvalue weighted by molar-refractivity contribution is -0.135. The Kier molecular flexibility index (Phi) is 5.16. The van der Waals surface area contributed by atoms with Crippen molar-refractivity contribution in [3.05, 3.63) is 48.4 Å². The number of aromatic nitrogens is 3. The lowest BCUT2D eigenvalue weighted by Crippen LogP contribution is -2.46. The van der Waals surface area contributed by atoms with E-state index < -0.39 is 0 Å². The molecule has 28 heavy (non-hydrogen) atoms. The molecule has 0 aromatic carbocycles. The molecule has 3 aromatic rings. The van der Waals surface area contributed by atoms with Crippen molar-refractivity contribution in [1.29, 1.82) is 0 Å². The number of fused-ring (bicyclic) bond motifs is 1. The number of piperidine rings is 1. The molecule has 5 nitrogen and oxygen atoms in total. The molecule has 4 rings (SSSR count). The van der Waals surface area contributed by atoms with Crippen LogP contribution < -0.4 is 0 Å². The Morgan fingerprint density at radius 2 is 1.96 bits per heavy atom. The Morgan fingerprint density at radius 3 is 2.79 bits per heavy atom. The molecule has 0 N–H and O–H groups in total. The number of hydrogen-bond acceptors (Lipinski definition) is 3. The highest BCUT2D eigenvalue weighted by atomic mass is 16.2. The third-order valence-corrected chi connectivity index (χ3v) is 6.18. The maximum Gasteiger partial charge on any atom is 0.224 e. The fraction of sp³-hybridized carbons (Fsp3) is 0.435. The van der Waals surface area contributed by atoms with E-state index in [-0.39, 0.29) is 5.91 Å². The van der Waals surface area contributed by atoms with Crippen LogP contribution in [0, 0.1) is 12.8 Å². The molecule has 0 aliphatic carbocycles. The van der Waals surface area contributed by atoms with Crippen LogP contribution >= 0.6 is 0 Å². The molecule has 1 saturated heterocycles. The van der Waals surface area contributed by atoms with Crippen LogP contribution in [0.4, 0.5) is 0 Å². The third kappa shape index (κ3) is 3.41. The van der Waals surface area contributed by atoms with E-state index in [1.165, 1.54) is 6.42 Å². The molecule has 146 valence electrons. The highest BCUT2D eigenvalue weighted by Crippen LogP contribution is 2.29. The third-order valence-electron chi connectivity index (χ3n) is 6.18. The van der Waals surface area contributed by atoms with Gasteiger partial charge in [-0.25, -0.2) is 4.98 Å². The van der Waals surface area contributed by atoms with Gasteiger partial charge in [0.15, 0.2) is 0 Å². The maximum absolute atomic E-state index is 13.0. The Balaban J connectivity index is 1.64. The molecule has 0 unspecified atom stereocenters. The van der Waals surface area contributed by atoms with Crippen LogP contribution in [0.2, 0.25) is 0 Å². The monoisotopic (exact) mass is 376 g/mol. The summed E-state index contributed by atoms with van der Waals surface area (Å²) in [5.41, 5.74) is 4.07. The molecule has 0 radical (unpaired) electrons. The Labute approximate surface area is 166 Å². The summed E-state index contributed by atoms with van der Waals surface area (Å²) in [6.07, 6.45) is 6.43. The zero-order valence-corrected chi connectivity index (χ0v) is 16.9. The van der Waals surface area contributed by atoms with E-state index in [0.717, 1.165) is 41.0 Å². The second kappa shape index (κ2) is 7.74. The summed E-state index contributed by atoms with van der Waals surface area (Å²) in [5, 5.41) is 1.09. The largest absolute Gasteiger partial charge is 0.340 e. The summed E-state index contributed by atoms with van der Waals surface area (Å²) in [4.78, 5) is 24.1. The van der Waals surface area contributed by atoms with Gasteiger partial charge in [-0.2, -0.15) is 0 Å². The molecule has 1 fully saturated rings. The minimum absolute atomic E-state index is 0.241. The van der Waals surface area contributed by atoms with Crippen molar-refractivity contribution in [2.75, 3.05) is 6.54 Å². The van der Waals surface area contributed by atoms with Crippen LogP contribution in [0.15, 0.2) is 42.7 Å². The summed E-state index contributed by atoms with van der Waals surface area (Å²) >= 11 is 0. The van der Waals surface area contributed by atoms with Crippen molar-refractivity contribution < 1.29 is 4.79 Å². The molecule has 0 saturated carbocycles. The lowest BCUT2D eigenvalue weighted by atomic mass is 9.92. The predicted molar refractivity (Wildman–Crippen MR) is 112 cm³/mol. The number of carbonyl (C=O) groups is 1. The fourth-order valence-electron chi connectivity index (χ4n) is 4.33. The van der Waals surface area contributed by atoms with E-state index in [0.29, 0.717) is 24.9 Å². The summed E-state index contributed by atoms with van der Waals surface area (Å²) in [5.74, 6) is 0.811. The van der Waals surface area contributed by atoms with Crippen molar-refractivity contribution in [3.8, 4) is 11.3 Å². The highest BCUT2D eigenvalue weighted by molar-refractivity contribution is 5.85. The van der Waals surface area contributed by atoms with E-state index in [4.69, 9.17) is 0 Å². The van der Waals surface area contributed by atoms with Gasteiger partial charge in [-0.15, -0.1) is 0 Å². The number of pyridine rings is 2. The predicted octanol–water partition coefficient (Wildman–Crippen LogP) is 4.44. The van der Waals surface area contributed by atoms with Gasteiger partial charge in [0.2, 0.25) is 5.91 Å². The van der Waals surface area contributed by atoms with Gasteiger partial charge >= 0.3 is 0 Å². The topological polar surface area (TPSA) is 51.0 Å². The van der Waals surface area contributed by atoms with Gasteiger partial charge in [0.1, 0.15) is 5.65 Å². The van der Waals surface area contributed by atoms with Gasteiger partial charge in [-0.1, -0.05) is 6.92 Å². The first kappa shape index (κ1) is 18.7. The number of likely N-dealkylation sites (tertiary alicyclic amines) is 1. The number of aryl methyl sites for hydroxylation is 2. The number of carbonyl (C=O) groups excluding carboxylic acids is 1. The normalized spacial score (nSPS) is 19.9. The fourth-order valence-corrected chi connectivity index (χ4v) is 4.33. The summed E-state index contributed by atoms with van der Waals surface area (Å²) in [7, 11) is 0. The molecule has 5 heteroatoms. The first-order chi connectivity index (χ1) is 13.6. The average molecular weight is 377 g/mol. The smallest absolute Gasteiger partial charge is 0.224 e. The first-order valence-corrected chi connectivity index (χ1v) is 10.2. The molecular weight excluding hydrogens is 348 g/mol. The van der Waals surface area contributed by atoms with E-state index >= 15 is 0 Å². The van der Waals surface area contributed by atoms with Crippen molar-refractivity contribution in [3.63, 3.8) is 0 Å². The van der Waals surface area contributed by atoms with Crippen molar-refractivity contribution in [2.45, 2.75) is 52.6 Å². The molecule has 0 bridgehead atoms. The Bertz CT molecular complexity index is 993. The van der Waals surface area contributed by atoms with Gasteiger partial charge in [0.25, 0.3) is 0 Å². The van der Waals surface area contributed by atoms with Crippen LogP contribution in [0.1, 0.15) is 38.8 Å². The van der Waals surface area contributed by atoms with Gasteiger partial charge in [-0.3, -0.25) is 9.78 Å².